The van der Waals surface area contributed by atoms with Crippen molar-refractivity contribution in [1.29, 1.82) is 0 Å². The molecule has 1 aliphatic heterocycles. The van der Waals surface area contributed by atoms with Gasteiger partial charge in [-0.3, -0.25) is 20.4 Å². The Labute approximate surface area is 151 Å². The molecule has 0 fully saturated rings. The van der Waals surface area contributed by atoms with Crippen LogP contribution in [0.3, 0.4) is 0 Å². The second kappa shape index (κ2) is 6.64. The lowest BCUT2D eigenvalue weighted by Gasteiger charge is -2.25. The minimum absolute atomic E-state index is 0.0345. The zero-order valence-corrected chi connectivity index (χ0v) is 14.1. The van der Waals surface area contributed by atoms with Gasteiger partial charge in [0, 0.05) is 10.1 Å². The number of hydrogen-bond acceptors (Lipinski definition) is 5. The van der Waals surface area contributed by atoms with Crippen LogP contribution in [0.5, 0.6) is 11.5 Å². The van der Waals surface area contributed by atoms with Crippen LogP contribution in [0.4, 0.5) is 4.39 Å². The van der Waals surface area contributed by atoms with Gasteiger partial charge in [0.1, 0.15) is 12.4 Å². The molecule has 3 aromatic rings. The first-order valence-corrected chi connectivity index (χ1v) is 8.60. The smallest absolute Gasteiger partial charge is 0.283 e. The van der Waals surface area contributed by atoms with Crippen LogP contribution in [0.2, 0.25) is 0 Å². The Hall–Kier alpha value is -3.13. The third-order valence-electron chi connectivity index (χ3n) is 3.83. The van der Waals surface area contributed by atoms with E-state index in [4.69, 9.17) is 9.47 Å². The molecule has 0 saturated heterocycles. The third kappa shape index (κ3) is 3.06. The standard InChI is InChI=1S/C18H13FN2O4S/c19-11-4-3-7-15-10(11)8-16(26-15)18(23)21-20-17(22)14-9-24-12-5-1-2-6-13(12)25-14/h1-8,14H,9H2,(H,20,22)(H,21,23). The van der Waals surface area contributed by atoms with E-state index >= 15 is 0 Å². The molecule has 0 spiro atoms. The number of hydrogen-bond donors (Lipinski definition) is 2. The molecule has 0 radical (unpaired) electrons. The van der Waals surface area contributed by atoms with Gasteiger partial charge in [-0.05, 0) is 30.3 Å². The van der Waals surface area contributed by atoms with E-state index in [2.05, 4.69) is 10.9 Å². The van der Waals surface area contributed by atoms with E-state index in [1.54, 1.807) is 36.4 Å². The summed E-state index contributed by atoms with van der Waals surface area (Å²) in [6, 6.07) is 13.1. The summed E-state index contributed by atoms with van der Waals surface area (Å²) in [7, 11) is 0. The fourth-order valence-electron chi connectivity index (χ4n) is 2.55. The number of carbonyl (C=O) groups excluding carboxylic acids is 2. The average Bonchev–Trinajstić information content (AvgIpc) is 3.11. The van der Waals surface area contributed by atoms with Gasteiger partial charge in [-0.1, -0.05) is 18.2 Å². The topological polar surface area (TPSA) is 76.7 Å². The normalized spacial score (nSPS) is 15.5. The predicted molar refractivity (Wildman–Crippen MR) is 93.7 cm³/mol. The highest BCUT2D eigenvalue weighted by Crippen LogP contribution is 2.31. The molecule has 26 heavy (non-hydrogen) atoms. The van der Waals surface area contributed by atoms with Crippen molar-refractivity contribution in [1.82, 2.24) is 10.9 Å². The van der Waals surface area contributed by atoms with Crippen LogP contribution >= 0.6 is 11.3 Å². The molecule has 8 heteroatoms. The summed E-state index contributed by atoms with van der Waals surface area (Å²) in [5.41, 5.74) is 4.62. The Kier molecular flexibility index (Phi) is 4.18. The number of fused-ring (bicyclic) bond motifs is 2. The highest BCUT2D eigenvalue weighted by molar-refractivity contribution is 7.20. The molecule has 6 nitrogen and oxygen atoms in total. The van der Waals surface area contributed by atoms with Crippen LogP contribution in [0, 0.1) is 5.82 Å². The molecule has 2 N–H and O–H groups in total. The molecule has 1 aliphatic rings. The van der Waals surface area contributed by atoms with E-state index in [1.165, 1.54) is 12.1 Å². The largest absolute Gasteiger partial charge is 0.485 e. The number of carbonyl (C=O) groups is 2. The Balaban J connectivity index is 1.39. The van der Waals surface area contributed by atoms with Crippen LogP contribution in [-0.4, -0.2) is 24.5 Å². The van der Waals surface area contributed by atoms with Gasteiger partial charge in [0.2, 0.25) is 6.10 Å². The molecule has 1 unspecified atom stereocenters. The van der Waals surface area contributed by atoms with Gasteiger partial charge in [-0.25, -0.2) is 4.39 Å². The lowest BCUT2D eigenvalue weighted by Crippen LogP contribution is -2.50. The van der Waals surface area contributed by atoms with Crippen LogP contribution in [0.15, 0.2) is 48.5 Å². The fourth-order valence-corrected chi connectivity index (χ4v) is 3.52. The minimum atomic E-state index is -0.884. The molecule has 0 saturated carbocycles. The highest BCUT2D eigenvalue weighted by Gasteiger charge is 2.27. The predicted octanol–water partition coefficient (Wildman–Crippen LogP) is 2.64. The summed E-state index contributed by atoms with van der Waals surface area (Å²) >= 11 is 1.14. The van der Waals surface area contributed by atoms with Crippen LogP contribution in [-0.2, 0) is 4.79 Å². The lowest BCUT2D eigenvalue weighted by atomic mass is 10.2. The van der Waals surface area contributed by atoms with E-state index in [-0.39, 0.29) is 11.5 Å². The number of para-hydroxylation sites is 2. The molecule has 0 bridgehead atoms. The molecule has 0 aliphatic carbocycles. The summed E-state index contributed by atoms with van der Waals surface area (Å²) in [6.45, 7) is 0.0345. The van der Waals surface area contributed by atoms with Crippen molar-refractivity contribution in [3.63, 3.8) is 0 Å². The summed E-state index contributed by atoms with van der Waals surface area (Å²) in [5, 5.41) is 0.370. The fraction of sp³-hybridized carbons (Fsp3) is 0.111. The van der Waals surface area contributed by atoms with E-state index in [0.29, 0.717) is 21.6 Å². The summed E-state index contributed by atoms with van der Waals surface area (Å²) in [6.07, 6.45) is -0.884. The molecule has 2 aromatic carbocycles. The van der Waals surface area contributed by atoms with Crippen molar-refractivity contribution in [3.05, 3.63) is 59.2 Å². The van der Waals surface area contributed by atoms with Crippen molar-refractivity contribution in [2.75, 3.05) is 6.61 Å². The Morgan fingerprint density at radius 3 is 2.69 bits per heavy atom. The van der Waals surface area contributed by atoms with Crippen molar-refractivity contribution < 1.29 is 23.5 Å². The molecular formula is C18H13FN2O4S. The molecule has 2 heterocycles. The van der Waals surface area contributed by atoms with Crippen LogP contribution < -0.4 is 20.3 Å². The van der Waals surface area contributed by atoms with Gasteiger partial charge in [0.15, 0.2) is 11.5 Å². The van der Waals surface area contributed by atoms with Gasteiger partial charge in [-0.15, -0.1) is 11.3 Å². The van der Waals surface area contributed by atoms with Crippen LogP contribution in [0.25, 0.3) is 10.1 Å². The first-order valence-electron chi connectivity index (χ1n) is 7.78. The second-order valence-electron chi connectivity index (χ2n) is 5.57. The molecule has 132 valence electrons. The number of benzene rings is 2. The lowest BCUT2D eigenvalue weighted by molar-refractivity contribution is -0.131. The van der Waals surface area contributed by atoms with Crippen molar-refractivity contribution in [3.8, 4) is 11.5 Å². The first-order chi connectivity index (χ1) is 12.6. The first kappa shape index (κ1) is 16.3. The molecule has 2 amide bonds. The van der Waals surface area contributed by atoms with Gasteiger partial charge in [0.05, 0.1) is 4.88 Å². The maximum absolute atomic E-state index is 13.7. The third-order valence-corrected chi connectivity index (χ3v) is 4.93. The highest BCUT2D eigenvalue weighted by atomic mass is 32.1. The Bertz CT molecular complexity index is 1000. The maximum atomic E-state index is 13.7. The number of hydrazine groups is 1. The van der Waals surface area contributed by atoms with Crippen molar-refractivity contribution >= 4 is 33.2 Å². The zero-order valence-electron chi connectivity index (χ0n) is 13.3. The summed E-state index contributed by atoms with van der Waals surface area (Å²) < 4.78 is 25.4. The van der Waals surface area contributed by atoms with Gasteiger partial charge in [-0.2, -0.15) is 0 Å². The summed E-state index contributed by atoms with van der Waals surface area (Å²) in [4.78, 5) is 24.7. The number of nitrogens with one attached hydrogen (secondary N) is 2. The summed E-state index contributed by atoms with van der Waals surface area (Å²) in [5.74, 6) is -0.442. The molecule has 1 atom stereocenters. The van der Waals surface area contributed by atoms with E-state index in [1.807, 2.05) is 0 Å². The quantitative estimate of drug-likeness (QED) is 0.678. The van der Waals surface area contributed by atoms with E-state index < -0.39 is 23.7 Å². The SMILES string of the molecule is O=C(NNC(=O)C1COc2ccccc2O1)c1cc2c(F)cccc2s1. The Morgan fingerprint density at radius 1 is 1.08 bits per heavy atom. The monoisotopic (exact) mass is 372 g/mol. The molecular weight excluding hydrogens is 359 g/mol. The van der Waals surface area contributed by atoms with E-state index in [0.717, 1.165) is 11.3 Å². The number of ether oxygens (including phenoxy) is 2. The molecule has 4 rings (SSSR count). The zero-order chi connectivity index (χ0) is 18.1. The Morgan fingerprint density at radius 2 is 1.88 bits per heavy atom. The number of amides is 2. The average molecular weight is 372 g/mol. The molecule has 1 aromatic heterocycles. The van der Waals surface area contributed by atoms with Gasteiger partial charge in [0.25, 0.3) is 11.8 Å². The van der Waals surface area contributed by atoms with Crippen molar-refractivity contribution in [2.45, 2.75) is 6.10 Å². The van der Waals surface area contributed by atoms with Crippen LogP contribution in [0.1, 0.15) is 9.67 Å². The van der Waals surface area contributed by atoms with Crippen molar-refractivity contribution in [2.24, 2.45) is 0 Å². The van der Waals surface area contributed by atoms with Gasteiger partial charge < -0.3 is 9.47 Å². The number of rotatable bonds is 2. The number of thiophene rings is 1. The minimum Gasteiger partial charge on any atom is -0.485 e. The number of halogens is 1. The maximum Gasteiger partial charge on any atom is 0.283 e. The van der Waals surface area contributed by atoms with E-state index in [9.17, 15) is 14.0 Å². The second-order valence-corrected chi connectivity index (χ2v) is 6.65. The van der Waals surface area contributed by atoms with Gasteiger partial charge >= 0.3 is 0 Å².